The molecule has 1 aromatic rings. The molecule has 0 atom stereocenters. The normalized spacial score (nSPS) is 15.6. The highest BCUT2D eigenvalue weighted by Gasteiger charge is 2.22. The molecule has 110 valence electrons. The molecule has 1 N–H and O–H groups in total. The zero-order valence-corrected chi connectivity index (χ0v) is 12.2. The molecule has 1 aliphatic heterocycles. The Labute approximate surface area is 120 Å². The minimum absolute atomic E-state index is 0.0532. The average molecular weight is 277 g/mol. The number of hydrogen-bond donors (Lipinski definition) is 1. The van der Waals surface area contributed by atoms with Crippen molar-refractivity contribution in [2.24, 2.45) is 0 Å². The molecular formula is C14H23N5O. The number of nitrogens with one attached hydrogen (secondary N) is 1. The molecule has 0 unspecified atom stereocenters. The van der Waals surface area contributed by atoms with Gasteiger partial charge in [0.15, 0.2) is 0 Å². The average Bonchev–Trinajstić information content (AvgIpc) is 2.53. The van der Waals surface area contributed by atoms with Crippen molar-refractivity contribution in [1.29, 1.82) is 0 Å². The largest absolute Gasteiger partial charge is 0.352 e. The lowest BCUT2D eigenvalue weighted by molar-refractivity contribution is 0.189. The first-order chi connectivity index (χ1) is 9.74. The predicted octanol–water partition coefficient (Wildman–Crippen LogP) is 1.50. The Hall–Kier alpha value is -1.85. The van der Waals surface area contributed by atoms with Gasteiger partial charge < -0.3 is 15.1 Å². The Bertz CT molecular complexity index is 413. The van der Waals surface area contributed by atoms with Gasteiger partial charge in [0.05, 0.1) is 6.20 Å². The highest BCUT2D eigenvalue weighted by molar-refractivity contribution is 5.74. The maximum Gasteiger partial charge on any atom is 0.317 e. The molecule has 1 saturated heterocycles. The van der Waals surface area contributed by atoms with Crippen LogP contribution in [0.25, 0.3) is 0 Å². The Kier molecular flexibility index (Phi) is 5.15. The van der Waals surface area contributed by atoms with E-state index >= 15 is 0 Å². The molecule has 0 saturated carbocycles. The molecular weight excluding hydrogens is 254 g/mol. The van der Waals surface area contributed by atoms with E-state index in [0.717, 1.165) is 44.8 Å². The van der Waals surface area contributed by atoms with Crippen molar-refractivity contribution >= 4 is 11.8 Å². The number of rotatable bonds is 4. The van der Waals surface area contributed by atoms with Crippen LogP contribution >= 0.6 is 0 Å². The van der Waals surface area contributed by atoms with Crippen molar-refractivity contribution in [3.05, 3.63) is 18.6 Å². The summed E-state index contributed by atoms with van der Waals surface area (Å²) >= 11 is 0. The van der Waals surface area contributed by atoms with Crippen LogP contribution in [0.15, 0.2) is 18.6 Å². The molecule has 0 bridgehead atoms. The summed E-state index contributed by atoms with van der Waals surface area (Å²) in [6.07, 6.45) is 7.08. The minimum atomic E-state index is 0.0532. The Balaban J connectivity index is 1.83. The summed E-state index contributed by atoms with van der Waals surface area (Å²) < 4.78 is 0. The van der Waals surface area contributed by atoms with Gasteiger partial charge in [0.2, 0.25) is 0 Å². The van der Waals surface area contributed by atoms with Crippen LogP contribution in [0.4, 0.5) is 10.6 Å². The first-order valence-corrected chi connectivity index (χ1v) is 7.31. The van der Waals surface area contributed by atoms with E-state index in [9.17, 15) is 4.79 Å². The van der Waals surface area contributed by atoms with Crippen LogP contribution in [0.5, 0.6) is 0 Å². The molecule has 6 nitrogen and oxygen atoms in total. The van der Waals surface area contributed by atoms with E-state index in [4.69, 9.17) is 0 Å². The SMILES string of the molecule is CCC(CC)NC(=O)N1CCN(c2cnccn2)CC1. The molecule has 0 spiro atoms. The highest BCUT2D eigenvalue weighted by Crippen LogP contribution is 2.11. The van der Waals surface area contributed by atoms with E-state index in [0.29, 0.717) is 0 Å². The maximum atomic E-state index is 12.1. The van der Waals surface area contributed by atoms with E-state index < -0.39 is 0 Å². The van der Waals surface area contributed by atoms with Gasteiger partial charge in [-0.3, -0.25) is 4.98 Å². The fraction of sp³-hybridized carbons (Fsp3) is 0.643. The van der Waals surface area contributed by atoms with Gasteiger partial charge in [-0.25, -0.2) is 9.78 Å². The number of carbonyl (C=O) groups excluding carboxylic acids is 1. The molecule has 2 rings (SSSR count). The van der Waals surface area contributed by atoms with Crippen LogP contribution in [-0.2, 0) is 0 Å². The Morgan fingerprint density at radius 3 is 2.50 bits per heavy atom. The van der Waals surface area contributed by atoms with Crippen LogP contribution in [0.1, 0.15) is 26.7 Å². The van der Waals surface area contributed by atoms with E-state index in [1.54, 1.807) is 18.6 Å². The van der Waals surface area contributed by atoms with Crippen molar-refractivity contribution in [3.8, 4) is 0 Å². The number of aromatic nitrogens is 2. The summed E-state index contributed by atoms with van der Waals surface area (Å²) in [5.41, 5.74) is 0. The Morgan fingerprint density at radius 1 is 1.25 bits per heavy atom. The van der Waals surface area contributed by atoms with Gasteiger partial charge in [0, 0.05) is 44.6 Å². The lowest BCUT2D eigenvalue weighted by Crippen LogP contribution is -2.53. The lowest BCUT2D eigenvalue weighted by atomic mass is 10.2. The maximum absolute atomic E-state index is 12.1. The quantitative estimate of drug-likeness (QED) is 0.906. The summed E-state index contributed by atoms with van der Waals surface area (Å²) in [5, 5.41) is 3.08. The predicted molar refractivity (Wildman–Crippen MR) is 78.7 cm³/mol. The first kappa shape index (κ1) is 14.6. The standard InChI is InChI=1S/C14H23N5O/c1-3-12(4-2)17-14(20)19-9-7-18(8-10-19)13-11-15-5-6-16-13/h5-6,11-12H,3-4,7-10H2,1-2H3,(H,17,20). The third-order valence-electron chi connectivity index (χ3n) is 3.75. The zero-order chi connectivity index (χ0) is 14.4. The molecule has 1 aliphatic rings. The fourth-order valence-electron chi connectivity index (χ4n) is 2.35. The van der Waals surface area contributed by atoms with Gasteiger partial charge in [-0.05, 0) is 12.8 Å². The number of amides is 2. The van der Waals surface area contributed by atoms with Gasteiger partial charge in [0.25, 0.3) is 0 Å². The van der Waals surface area contributed by atoms with Gasteiger partial charge in [0.1, 0.15) is 5.82 Å². The van der Waals surface area contributed by atoms with Gasteiger partial charge in [-0.15, -0.1) is 0 Å². The topological polar surface area (TPSA) is 61.4 Å². The number of urea groups is 1. The zero-order valence-electron chi connectivity index (χ0n) is 12.2. The second kappa shape index (κ2) is 7.07. The monoisotopic (exact) mass is 277 g/mol. The molecule has 1 aromatic heterocycles. The Morgan fingerprint density at radius 2 is 1.95 bits per heavy atom. The van der Waals surface area contributed by atoms with Crippen LogP contribution in [0, 0.1) is 0 Å². The van der Waals surface area contributed by atoms with Crippen molar-refractivity contribution in [2.75, 3.05) is 31.1 Å². The summed E-state index contributed by atoms with van der Waals surface area (Å²) in [5.74, 6) is 0.882. The van der Waals surface area contributed by atoms with Gasteiger partial charge in [-0.2, -0.15) is 0 Å². The van der Waals surface area contributed by atoms with Crippen molar-refractivity contribution in [1.82, 2.24) is 20.2 Å². The van der Waals surface area contributed by atoms with Crippen molar-refractivity contribution < 1.29 is 4.79 Å². The van der Waals surface area contributed by atoms with Gasteiger partial charge in [-0.1, -0.05) is 13.8 Å². The summed E-state index contributed by atoms with van der Waals surface area (Å²) in [6, 6.07) is 0.331. The molecule has 0 radical (unpaired) electrons. The first-order valence-electron chi connectivity index (χ1n) is 7.31. The van der Waals surface area contributed by atoms with Crippen LogP contribution in [0.3, 0.4) is 0 Å². The smallest absolute Gasteiger partial charge is 0.317 e. The number of carbonyl (C=O) groups is 1. The second-order valence-corrected chi connectivity index (χ2v) is 5.00. The minimum Gasteiger partial charge on any atom is -0.352 e. The molecule has 6 heteroatoms. The lowest BCUT2D eigenvalue weighted by Gasteiger charge is -2.35. The second-order valence-electron chi connectivity index (χ2n) is 5.00. The third-order valence-corrected chi connectivity index (χ3v) is 3.75. The number of anilines is 1. The van der Waals surface area contributed by atoms with E-state index in [1.807, 2.05) is 4.90 Å². The summed E-state index contributed by atoms with van der Waals surface area (Å²) in [7, 11) is 0. The van der Waals surface area contributed by atoms with Crippen LogP contribution in [0.2, 0.25) is 0 Å². The molecule has 2 amide bonds. The summed E-state index contributed by atoms with van der Waals surface area (Å²) in [4.78, 5) is 24.5. The molecule has 2 heterocycles. The molecule has 0 aromatic carbocycles. The number of hydrogen-bond acceptors (Lipinski definition) is 4. The molecule has 0 aliphatic carbocycles. The highest BCUT2D eigenvalue weighted by atomic mass is 16.2. The van der Waals surface area contributed by atoms with Gasteiger partial charge >= 0.3 is 6.03 Å². The van der Waals surface area contributed by atoms with Crippen LogP contribution < -0.4 is 10.2 Å². The number of piperazine rings is 1. The van der Waals surface area contributed by atoms with E-state index in [2.05, 4.69) is 34.0 Å². The number of nitrogens with zero attached hydrogens (tertiary/aromatic N) is 4. The van der Waals surface area contributed by atoms with E-state index in [1.165, 1.54) is 0 Å². The van der Waals surface area contributed by atoms with Crippen molar-refractivity contribution in [3.63, 3.8) is 0 Å². The fourth-order valence-corrected chi connectivity index (χ4v) is 2.35. The van der Waals surface area contributed by atoms with E-state index in [-0.39, 0.29) is 12.1 Å². The van der Waals surface area contributed by atoms with Crippen molar-refractivity contribution in [2.45, 2.75) is 32.7 Å². The summed E-state index contributed by atoms with van der Waals surface area (Å²) in [6.45, 7) is 7.25. The van der Waals surface area contributed by atoms with Crippen LogP contribution in [-0.4, -0.2) is 53.1 Å². The molecule has 1 fully saturated rings. The molecule has 20 heavy (non-hydrogen) atoms. The third kappa shape index (κ3) is 3.59.